The van der Waals surface area contributed by atoms with E-state index in [0.717, 1.165) is 13.0 Å². The molecule has 0 aliphatic carbocycles. The minimum Gasteiger partial charge on any atom is -0.341 e. The summed E-state index contributed by atoms with van der Waals surface area (Å²) in [5.41, 5.74) is -0.345. The molecule has 1 rings (SSSR count). The maximum absolute atomic E-state index is 12.1. The van der Waals surface area contributed by atoms with Gasteiger partial charge in [0, 0.05) is 38.6 Å². The number of nitrogens with one attached hydrogen (secondary N) is 1. The molecule has 1 saturated heterocycles. The molecule has 0 bridgehead atoms. The number of carbonyl (C=O) groups excluding carboxylic acids is 2. The van der Waals surface area contributed by atoms with Crippen LogP contribution in [0.15, 0.2) is 0 Å². The number of urea groups is 1. The normalized spacial score (nSPS) is 17.6. The molecule has 1 aliphatic rings. The molecular weight excluding hydrogens is 218 g/mol. The largest absolute Gasteiger partial charge is 0.341 e. The number of nitrogens with zero attached hydrogens (tertiary/aromatic N) is 2. The smallest absolute Gasteiger partial charge is 0.317 e. The molecule has 0 saturated carbocycles. The van der Waals surface area contributed by atoms with Gasteiger partial charge in [0.15, 0.2) is 0 Å². The molecule has 0 atom stereocenters. The Bertz CT molecular complexity index is 297. The first kappa shape index (κ1) is 13.8. The molecule has 0 spiro atoms. The number of rotatable bonds is 0. The van der Waals surface area contributed by atoms with Crippen LogP contribution in [0.4, 0.5) is 4.79 Å². The van der Waals surface area contributed by atoms with Gasteiger partial charge in [-0.2, -0.15) is 0 Å². The van der Waals surface area contributed by atoms with Crippen molar-refractivity contribution >= 4 is 11.9 Å². The molecule has 17 heavy (non-hydrogen) atoms. The highest BCUT2D eigenvalue weighted by molar-refractivity contribution is 5.81. The fourth-order valence-electron chi connectivity index (χ4n) is 1.96. The van der Waals surface area contributed by atoms with Crippen LogP contribution in [0.25, 0.3) is 0 Å². The molecule has 98 valence electrons. The van der Waals surface area contributed by atoms with E-state index in [0.29, 0.717) is 19.6 Å². The van der Waals surface area contributed by atoms with Gasteiger partial charge in [-0.25, -0.2) is 4.79 Å². The van der Waals surface area contributed by atoms with Crippen LogP contribution in [-0.2, 0) is 4.79 Å². The van der Waals surface area contributed by atoms with Crippen molar-refractivity contribution < 1.29 is 9.59 Å². The van der Waals surface area contributed by atoms with E-state index < -0.39 is 0 Å². The second kappa shape index (κ2) is 5.38. The molecule has 0 aromatic heterocycles. The topological polar surface area (TPSA) is 52.7 Å². The summed E-state index contributed by atoms with van der Waals surface area (Å²) in [7, 11) is 1.63. The molecular formula is C12H23N3O2. The van der Waals surface area contributed by atoms with E-state index >= 15 is 0 Å². The van der Waals surface area contributed by atoms with E-state index in [-0.39, 0.29) is 17.4 Å². The molecule has 1 N–H and O–H groups in total. The van der Waals surface area contributed by atoms with Gasteiger partial charge in [0.05, 0.1) is 0 Å². The van der Waals surface area contributed by atoms with Crippen LogP contribution in [0, 0.1) is 5.41 Å². The second-order valence-corrected chi connectivity index (χ2v) is 5.44. The average Bonchev–Trinajstić information content (AvgIpc) is 2.51. The fourth-order valence-corrected chi connectivity index (χ4v) is 1.96. The van der Waals surface area contributed by atoms with E-state index in [2.05, 4.69) is 5.32 Å². The lowest BCUT2D eigenvalue weighted by Crippen LogP contribution is -2.43. The highest BCUT2D eigenvalue weighted by Crippen LogP contribution is 2.18. The SMILES string of the molecule is CNC(=O)N1CCCN(C(=O)C(C)(C)C)CC1. The van der Waals surface area contributed by atoms with E-state index in [1.165, 1.54) is 0 Å². The van der Waals surface area contributed by atoms with Crippen LogP contribution in [0.5, 0.6) is 0 Å². The van der Waals surface area contributed by atoms with E-state index in [1.54, 1.807) is 11.9 Å². The van der Waals surface area contributed by atoms with Crippen molar-refractivity contribution in [2.24, 2.45) is 5.41 Å². The molecule has 1 fully saturated rings. The van der Waals surface area contributed by atoms with Crippen molar-refractivity contribution in [3.63, 3.8) is 0 Å². The maximum atomic E-state index is 12.1. The monoisotopic (exact) mass is 241 g/mol. The third-order valence-electron chi connectivity index (χ3n) is 2.93. The Morgan fingerprint density at radius 2 is 1.53 bits per heavy atom. The Hall–Kier alpha value is -1.26. The van der Waals surface area contributed by atoms with Gasteiger partial charge in [0.25, 0.3) is 0 Å². The van der Waals surface area contributed by atoms with Crippen molar-refractivity contribution in [3.8, 4) is 0 Å². The van der Waals surface area contributed by atoms with Crippen LogP contribution in [0.2, 0.25) is 0 Å². The van der Waals surface area contributed by atoms with Crippen molar-refractivity contribution in [1.29, 1.82) is 0 Å². The zero-order valence-electron chi connectivity index (χ0n) is 11.2. The third-order valence-corrected chi connectivity index (χ3v) is 2.93. The van der Waals surface area contributed by atoms with Gasteiger partial charge in [-0.05, 0) is 6.42 Å². The summed E-state index contributed by atoms with van der Waals surface area (Å²) in [6.45, 7) is 8.48. The zero-order chi connectivity index (χ0) is 13.1. The quantitative estimate of drug-likeness (QED) is 0.685. The van der Waals surface area contributed by atoms with Gasteiger partial charge >= 0.3 is 6.03 Å². The molecule has 0 unspecified atom stereocenters. The highest BCUT2D eigenvalue weighted by Gasteiger charge is 2.29. The predicted octanol–water partition coefficient (Wildman–Crippen LogP) is 0.906. The number of hydrogen-bond donors (Lipinski definition) is 1. The summed E-state index contributed by atoms with van der Waals surface area (Å²) in [4.78, 5) is 27.3. The molecule has 1 heterocycles. The van der Waals surface area contributed by atoms with Crippen LogP contribution in [0.1, 0.15) is 27.2 Å². The van der Waals surface area contributed by atoms with Gasteiger partial charge in [-0.3, -0.25) is 4.79 Å². The Morgan fingerprint density at radius 1 is 1.00 bits per heavy atom. The Labute approximate surface area is 103 Å². The lowest BCUT2D eigenvalue weighted by atomic mass is 9.94. The Morgan fingerprint density at radius 3 is 2.06 bits per heavy atom. The van der Waals surface area contributed by atoms with Crippen molar-refractivity contribution in [2.75, 3.05) is 33.2 Å². The van der Waals surface area contributed by atoms with Crippen molar-refractivity contribution in [2.45, 2.75) is 27.2 Å². The standard InChI is InChI=1S/C12H23N3O2/c1-12(2,3)10(16)14-6-5-7-15(9-8-14)11(17)13-4/h5-9H2,1-4H3,(H,13,17). The number of hydrogen-bond acceptors (Lipinski definition) is 2. The van der Waals surface area contributed by atoms with Crippen LogP contribution < -0.4 is 5.32 Å². The molecule has 3 amide bonds. The lowest BCUT2D eigenvalue weighted by molar-refractivity contribution is -0.139. The third kappa shape index (κ3) is 3.61. The van der Waals surface area contributed by atoms with E-state index in [1.807, 2.05) is 25.7 Å². The van der Waals surface area contributed by atoms with Gasteiger partial charge in [0.2, 0.25) is 5.91 Å². The molecule has 1 aliphatic heterocycles. The second-order valence-electron chi connectivity index (χ2n) is 5.44. The molecule has 5 heteroatoms. The number of amides is 3. The summed E-state index contributed by atoms with van der Waals surface area (Å²) in [5.74, 6) is 0.163. The summed E-state index contributed by atoms with van der Waals surface area (Å²) in [5, 5.41) is 2.62. The minimum atomic E-state index is -0.345. The van der Waals surface area contributed by atoms with Crippen molar-refractivity contribution in [1.82, 2.24) is 15.1 Å². The maximum Gasteiger partial charge on any atom is 0.317 e. The molecule has 0 aromatic carbocycles. The first-order valence-corrected chi connectivity index (χ1v) is 6.12. The van der Waals surface area contributed by atoms with Crippen LogP contribution in [-0.4, -0.2) is 55.0 Å². The summed E-state index contributed by atoms with van der Waals surface area (Å²) in [6, 6.07) is -0.0601. The molecule has 0 aromatic rings. The lowest BCUT2D eigenvalue weighted by Gasteiger charge is -2.28. The average molecular weight is 241 g/mol. The van der Waals surface area contributed by atoms with E-state index in [9.17, 15) is 9.59 Å². The van der Waals surface area contributed by atoms with Gasteiger partial charge in [-0.15, -0.1) is 0 Å². The Balaban J connectivity index is 2.59. The molecule has 0 radical (unpaired) electrons. The van der Waals surface area contributed by atoms with E-state index in [4.69, 9.17) is 0 Å². The van der Waals surface area contributed by atoms with Crippen molar-refractivity contribution in [3.05, 3.63) is 0 Å². The predicted molar refractivity (Wildman–Crippen MR) is 66.7 cm³/mol. The Kier molecular flexibility index (Phi) is 4.37. The molecule has 5 nitrogen and oxygen atoms in total. The van der Waals surface area contributed by atoms with Gasteiger partial charge < -0.3 is 15.1 Å². The minimum absolute atomic E-state index is 0.0601. The number of carbonyl (C=O) groups is 2. The van der Waals surface area contributed by atoms with Crippen LogP contribution in [0.3, 0.4) is 0 Å². The van der Waals surface area contributed by atoms with Gasteiger partial charge in [0.1, 0.15) is 0 Å². The summed E-state index contributed by atoms with van der Waals surface area (Å²) in [6.07, 6.45) is 0.842. The summed E-state index contributed by atoms with van der Waals surface area (Å²) < 4.78 is 0. The van der Waals surface area contributed by atoms with Crippen LogP contribution >= 0.6 is 0 Å². The fraction of sp³-hybridized carbons (Fsp3) is 0.833. The zero-order valence-corrected chi connectivity index (χ0v) is 11.2. The highest BCUT2D eigenvalue weighted by atomic mass is 16.2. The summed E-state index contributed by atoms with van der Waals surface area (Å²) >= 11 is 0. The van der Waals surface area contributed by atoms with Gasteiger partial charge in [-0.1, -0.05) is 20.8 Å². The first-order chi connectivity index (χ1) is 7.86. The first-order valence-electron chi connectivity index (χ1n) is 6.12.